The highest BCUT2D eigenvalue weighted by Gasteiger charge is 2.14. The van der Waals surface area contributed by atoms with E-state index in [1.165, 1.54) is 31.4 Å². The van der Waals surface area contributed by atoms with Gasteiger partial charge in [0, 0.05) is 39.0 Å². The molecule has 1 aliphatic carbocycles. The molecule has 0 saturated heterocycles. The lowest BCUT2D eigenvalue weighted by atomic mass is 10.3. The van der Waals surface area contributed by atoms with Crippen LogP contribution in [0.4, 0.5) is 0 Å². The van der Waals surface area contributed by atoms with Crippen molar-refractivity contribution in [3.05, 3.63) is 17.5 Å². The van der Waals surface area contributed by atoms with Crippen molar-refractivity contribution in [3.63, 3.8) is 0 Å². The van der Waals surface area contributed by atoms with E-state index in [0.29, 0.717) is 6.10 Å². The van der Waals surface area contributed by atoms with Crippen LogP contribution < -0.4 is 10.6 Å². The molecule has 0 unspecified atom stereocenters. The van der Waals surface area contributed by atoms with Crippen LogP contribution in [0.3, 0.4) is 0 Å². The molecule has 0 aliphatic heterocycles. The number of guanidine groups is 1. The zero-order valence-corrected chi connectivity index (χ0v) is 15.5. The van der Waals surface area contributed by atoms with Crippen molar-refractivity contribution in [3.8, 4) is 0 Å². The first-order valence-corrected chi connectivity index (χ1v) is 9.26. The van der Waals surface area contributed by atoms with E-state index in [0.717, 1.165) is 50.7 Å². The third-order valence-electron chi connectivity index (χ3n) is 4.44. The maximum atomic E-state index is 5.87. The Hall–Kier alpha value is -1.56. The molecule has 136 valence electrons. The van der Waals surface area contributed by atoms with Crippen LogP contribution in [0.15, 0.2) is 11.1 Å². The van der Waals surface area contributed by atoms with E-state index in [-0.39, 0.29) is 0 Å². The molecule has 0 spiro atoms. The molecule has 1 aliphatic rings. The van der Waals surface area contributed by atoms with Crippen molar-refractivity contribution in [2.45, 2.75) is 65.0 Å². The number of hydrogen-bond acceptors (Lipinski definition) is 3. The molecule has 1 aromatic rings. The number of ether oxygens (including phenoxy) is 1. The second kappa shape index (κ2) is 10.3. The Kier molecular flexibility index (Phi) is 8.08. The Balaban J connectivity index is 1.51. The number of aryl methyl sites for hydroxylation is 3. The van der Waals surface area contributed by atoms with Gasteiger partial charge in [-0.3, -0.25) is 9.67 Å². The largest absolute Gasteiger partial charge is 0.378 e. The summed E-state index contributed by atoms with van der Waals surface area (Å²) in [6.07, 6.45) is 7.69. The fraction of sp³-hybridized carbons (Fsp3) is 0.778. The Morgan fingerprint density at radius 1 is 1.25 bits per heavy atom. The first-order valence-electron chi connectivity index (χ1n) is 9.26. The van der Waals surface area contributed by atoms with Crippen molar-refractivity contribution in [1.82, 2.24) is 20.4 Å². The quantitative estimate of drug-likeness (QED) is 0.413. The van der Waals surface area contributed by atoms with E-state index in [1.807, 2.05) is 14.0 Å². The van der Waals surface area contributed by atoms with Gasteiger partial charge in [-0.2, -0.15) is 5.10 Å². The Bertz CT molecular complexity index is 506. The first-order chi connectivity index (χ1) is 11.7. The summed E-state index contributed by atoms with van der Waals surface area (Å²) in [4.78, 5) is 4.26. The van der Waals surface area contributed by atoms with Crippen LogP contribution in [-0.2, 0) is 11.3 Å². The molecule has 0 aromatic carbocycles. The predicted octanol–water partition coefficient (Wildman–Crippen LogP) is 2.40. The SMILES string of the molecule is CN=C(NCCCOC1CCCC1)NCCCn1nc(C)cc1C. The second-order valence-electron chi connectivity index (χ2n) is 6.56. The number of nitrogens with zero attached hydrogens (tertiary/aromatic N) is 3. The van der Waals surface area contributed by atoms with Gasteiger partial charge in [-0.05, 0) is 45.6 Å². The van der Waals surface area contributed by atoms with E-state index in [1.54, 1.807) is 0 Å². The molecule has 0 bridgehead atoms. The lowest BCUT2D eigenvalue weighted by Crippen LogP contribution is -2.38. The molecule has 1 saturated carbocycles. The molecular weight excluding hydrogens is 302 g/mol. The summed E-state index contributed by atoms with van der Waals surface area (Å²) in [6, 6.07) is 2.11. The van der Waals surface area contributed by atoms with Crippen LogP contribution in [0, 0.1) is 13.8 Å². The normalized spacial score (nSPS) is 15.9. The minimum absolute atomic E-state index is 0.511. The molecule has 24 heavy (non-hydrogen) atoms. The third kappa shape index (κ3) is 6.51. The molecule has 2 N–H and O–H groups in total. The van der Waals surface area contributed by atoms with E-state index in [4.69, 9.17) is 4.74 Å². The number of nitrogens with one attached hydrogen (secondary N) is 2. The van der Waals surface area contributed by atoms with Crippen molar-refractivity contribution >= 4 is 5.96 Å². The summed E-state index contributed by atoms with van der Waals surface area (Å²) in [5.74, 6) is 0.865. The van der Waals surface area contributed by atoms with Crippen LogP contribution in [0.25, 0.3) is 0 Å². The van der Waals surface area contributed by atoms with Crippen LogP contribution >= 0.6 is 0 Å². The summed E-state index contributed by atoms with van der Waals surface area (Å²) in [6.45, 7) is 7.68. The number of aliphatic imine (C=N–C) groups is 1. The molecule has 6 heteroatoms. The average molecular weight is 335 g/mol. The van der Waals surface area contributed by atoms with Gasteiger partial charge in [0.2, 0.25) is 0 Å². The first kappa shape index (κ1) is 18.8. The molecule has 0 amide bonds. The van der Waals surface area contributed by atoms with E-state index >= 15 is 0 Å². The monoisotopic (exact) mass is 335 g/mol. The van der Waals surface area contributed by atoms with Crippen LogP contribution in [0.1, 0.15) is 49.9 Å². The smallest absolute Gasteiger partial charge is 0.190 e. The van der Waals surface area contributed by atoms with E-state index < -0.39 is 0 Å². The van der Waals surface area contributed by atoms with Gasteiger partial charge in [0.25, 0.3) is 0 Å². The van der Waals surface area contributed by atoms with Crippen LogP contribution in [0.5, 0.6) is 0 Å². The summed E-state index contributed by atoms with van der Waals surface area (Å²) in [7, 11) is 1.81. The Morgan fingerprint density at radius 3 is 2.58 bits per heavy atom. The molecule has 1 heterocycles. The van der Waals surface area contributed by atoms with Gasteiger partial charge in [-0.15, -0.1) is 0 Å². The van der Waals surface area contributed by atoms with Gasteiger partial charge in [0.05, 0.1) is 11.8 Å². The van der Waals surface area contributed by atoms with Crippen LogP contribution in [0.2, 0.25) is 0 Å². The minimum atomic E-state index is 0.511. The zero-order chi connectivity index (χ0) is 17.2. The number of hydrogen-bond donors (Lipinski definition) is 2. The average Bonchev–Trinajstić information content (AvgIpc) is 3.18. The maximum absolute atomic E-state index is 5.87. The van der Waals surface area contributed by atoms with Gasteiger partial charge < -0.3 is 15.4 Å². The highest BCUT2D eigenvalue weighted by molar-refractivity contribution is 5.79. The fourth-order valence-electron chi connectivity index (χ4n) is 3.14. The van der Waals surface area contributed by atoms with Gasteiger partial charge in [-0.25, -0.2) is 0 Å². The molecule has 0 atom stereocenters. The Labute approximate surface area is 146 Å². The highest BCUT2D eigenvalue weighted by Crippen LogP contribution is 2.20. The second-order valence-corrected chi connectivity index (χ2v) is 6.56. The van der Waals surface area contributed by atoms with Gasteiger partial charge in [0.1, 0.15) is 0 Å². The minimum Gasteiger partial charge on any atom is -0.378 e. The summed E-state index contributed by atoms with van der Waals surface area (Å²) in [5.41, 5.74) is 2.30. The molecule has 2 rings (SSSR count). The van der Waals surface area contributed by atoms with Gasteiger partial charge in [0.15, 0.2) is 5.96 Å². The van der Waals surface area contributed by atoms with Crippen LogP contribution in [-0.4, -0.2) is 48.6 Å². The molecular formula is C18H33N5O. The lowest BCUT2D eigenvalue weighted by molar-refractivity contribution is 0.0574. The predicted molar refractivity (Wildman–Crippen MR) is 98.5 cm³/mol. The van der Waals surface area contributed by atoms with Crippen molar-refractivity contribution < 1.29 is 4.74 Å². The highest BCUT2D eigenvalue weighted by atomic mass is 16.5. The third-order valence-corrected chi connectivity index (χ3v) is 4.44. The van der Waals surface area contributed by atoms with Gasteiger partial charge in [-0.1, -0.05) is 12.8 Å². The number of aromatic nitrogens is 2. The summed E-state index contributed by atoms with van der Waals surface area (Å²) < 4.78 is 7.93. The van der Waals surface area contributed by atoms with Crippen molar-refractivity contribution in [2.24, 2.45) is 4.99 Å². The molecule has 1 fully saturated rings. The summed E-state index contributed by atoms with van der Waals surface area (Å²) in [5, 5.41) is 11.2. The molecule has 0 radical (unpaired) electrons. The Morgan fingerprint density at radius 2 is 1.96 bits per heavy atom. The maximum Gasteiger partial charge on any atom is 0.190 e. The summed E-state index contributed by atoms with van der Waals surface area (Å²) >= 11 is 0. The lowest BCUT2D eigenvalue weighted by Gasteiger charge is -2.13. The molecule has 6 nitrogen and oxygen atoms in total. The topological polar surface area (TPSA) is 63.5 Å². The van der Waals surface area contributed by atoms with Crippen molar-refractivity contribution in [2.75, 3.05) is 26.7 Å². The number of rotatable bonds is 9. The molecule has 1 aromatic heterocycles. The standard InChI is InChI=1S/C18H33N5O/c1-15-14-16(2)23(22-15)12-6-10-20-18(19-3)21-11-7-13-24-17-8-4-5-9-17/h14,17H,4-13H2,1-3H3,(H2,19,20,21). The van der Waals surface area contributed by atoms with E-state index in [9.17, 15) is 0 Å². The zero-order valence-electron chi connectivity index (χ0n) is 15.5. The van der Waals surface area contributed by atoms with Crippen molar-refractivity contribution in [1.29, 1.82) is 0 Å². The van der Waals surface area contributed by atoms with E-state index in [2.05, 4.69) is 38.4 Å². The fourth-order valence-corrected chi connectivity index (χ4v) is 3.14. The van der Waals surface area contributed by atoms with Gasteiger partial charge >= 0.3 is 0 Å².